The predicted molar refractivity (Wildman–Crippen MR) is 75.5 cm³/mol. The van der Waals surface area contributed by atoms with Crippen molar-refractivity contribution in [1.29, 1.82) is 0 Å². The molecule has 0 bridgehead atoms. The Bertz CT molecular complexity index is 262. The molecule has 18 heavy (non-hydrogen) atoms. The van der Waals surface area contributed by atoms with Crippen molar-refractivity contribution < 1.29 is 4.79 Å². The molecule has 1 atom stereocenters. The van der Waals surface area contributed by atoms with Crippen molar-refractivity contribution in [2.24, 2.45) is 11.3 Å². The summed E-state index contributed by atoms with van der Waals surface area (Å²) >= 11 is 0. The summed E-state index contributed by atoms with van der Waals surface area (Å²) in [7, 11) is 4.14. The molecule has 4 heteroatoms. The molecule has 1 amide bonds. The molecular formula is C14H29N3O. The van der Waals surface area contributed by atoms with E-state index in [1.54, 1.807) is 0 Å². The van der Waals surface area contributed by atoms with E-state index in [9.17, 15) is 4.79 Å². The van der Waals surface area contributed by atoms with E-state index in [4.69, 9.17) is 0 Å². The van der Waals surface area contributed by atoms with E-state index in [0.29, 0.717) is 12.0 Å². The van der Waals surface area contributed by atoms with Gasteiger partial charge in [0.2, 0.25) is 5.91 Å². The molecule has 1 saturated heterocycles. The fourth-order valence-corrected chi connectivity index (χ4v) is 2.63. The molecule has 0 aromatic carbocycles. The Morgan fingerprint density at radius 2 is 1.89 bits per heavy atom. The molecule has 2 N–H and O–H groups in total. The molecule has 0 aromatic heterocycles. The number of piperidine rings is 1. The van der Waals surface area contributed by atoms with Gasteiger partial charge in [-0.2, -0.15) is 0 Å². The Morgan fingerprint density at radius 1 is 1.33 bits per heavy atom. The van der Waals surface area contributed by atoms with Crippen LogP contribution in [0.4, 0.5) is 0 Å². The fourth-order valence-electron chi connectivity index (χ4n) is 2.63. The number of carbonyl (C=O) groups excluding carboxylic acids is 1. The van der Waals surface area contributed by atoms with Gasteiger partial charge in [-0.15, -0.1) is 0 Å². The first kappa shape index (κ1) is 15.4. The van der Waals surface area contributed by atoms with Crippen LogP contribution in [0.2, 0.25) is 0 Å². The third kappa shape index (κ3) is 3.95. The lowest BCUT2D eigenvalue weighted by Crippen LogP contribution is -2.50. The van der Waals surface area contributed by atoms with E-state index in [1.165, 1.54) is 0 Å². The Kier molecular flexibility index (Phi) is 5.60. The maximum Gasteiger partial charge on any atom is 0.226 e. The van der Waals surface area contributed by atoms with Gasteiger partial charge < -0.3 is 15.5 Å². The molecule has 0 aliphatic carbocycles. The highest BCUT2D eigenvalue weighted by Crippen LogP contribution is 2.27. The zero-order valence-corrected chi connectivity index (χ0v) is 12.5. The van der Waals surface area contributed by atoms with Gasteiger partial charge in [-0.05, 0) is 45.9 Å². The standard InChI is InChI=1S/C14H29N3O/c1-11(2)12(17(4)5)10-16-13(18)14(3)6-8-15-9-7-14/h11-12,15H,6-10H2,1-5H3,(H,16,18). The number of nitrogens with zero attached hydrogens (tertiary/aromatic N) is 1. The smallest absolute Gasteiger partial charge is 0.226 e. The average Bonchev–Trinajstić information content (AvgIpc) is 2.29. The highest BCUT2D eigenvalue weighted by molar-refractivity contribution is 5.82. The zero-order valence-electron chi connectivity index (χ0n) is 12.5. The number of hydrogen-bond donors (Lipinski definition) is 2. The van der Waals surface area contributed by atoms with Crippen LogP contribution in [-0.4, -0.2) is 50.6 Å². The van der Waals surface area contributed by atoms with Crippen molar-refractivity contribution in [3.8, 4) is 0 Å². The summed E-state index contributed by atoms with van der Waals surface area (Å²) < 4.78 is 0. The van der Waals surface area contributed by atoms with Crippen LogP contribution >= 0.6 is 0 Å². The van der Waals surface area contributed by atoms with Gasteiger partial charge in [0.25, 0.3) is 0 Å². The van der Waals surface area contributed by atoms with Gasteiger partial charge in [0, 0.05) is 18.0 Å². The highest BCUT2D eigenvalue weighted by atomic mass is 16.2. The van der Waals surface area contributed by atoms with Crippen LogP contribution in [-0.2, 0) is 4.79 Å². The van der Waals surface area contributed by atoms with Crippen LogP contribution in [0.5, 0.6) is 0 Å². The lowest BCUT2D eigenvalue weighted by atomic mass is 9.80. The maximum absolute atomic E-state index is 12.3. The lowest BCUT2D eigenvalue weighted by Gasteiger charge is -2.34. The normalized spacial score (nSPS) is 21.1. The number of hydrogen-bond acceptors (Lipinski definition) is 3. The number of nitrogens with one attached hydrogen (secondary N) is 2. The second-order valence-corrected chi connectivity index (χ2v) is 6.30. The SMILES string of the molecule is CC(C)C(CNC(=O)C1(C)CCNCC1)N(C)C. The van der Waals surface area contributed by atoms with Crippen molar-refractivity contribution >= 4 is 5.91 Å². The van der Waals surface area contributed by atoms with Crippen molar-refractivity contribution in [2.75, 3.05) is 33.7 Å². The monoisotopic (exact) mass is 255 g/mol. The minimum atomic E-state index is -0.181. The van der Waals surface area contributed by atoms with E-state index in [2.05, 4.69) is 50.4 Å². The Labute approximate surface area is 111 Å². The molecule has 1 heterocycles. The van der Waals surface area contributed by atoms with Gasteiger partial charge in [0.1, 0.15) is 0 Å². The quantitative estimate of drug-likeness (QED) is 0.772. The molecule has 0 aromatic rings. The Hall–Kier alpha value is -0.610. The van der Waals surface area contributed by atoms with Gasteiger partial charge >= 0.3 is 0 Å². The maximum atomic E-state index is 12.3. The molecule has 4 nitrogen and oxygen atoms in total. The first-order valence-electron chi connectivity index (χ1n) is 7.02. The van der Waals surface area contributed by atoms with Gasteiger partial charge in [0.05, 0.1) is 0 Å². The fraction of sp³-hybridized carbons (Fsp3) is 0.929. The molecule has 1 aliphatic rings. The average molecular weight is 255 g/mol. The topological polar surface area (TPSA) is 44.4 Å². The summed E-state index contributed by atoms with van der Waals surface area (Å²) in [5.41, 5.74) is -0.181. The van der Waals surface area contributed by atoms with Crippen LogP contribution in [0.15, 0.2) is 0 Å². The van der Waals surface area contributed by atoms with Gasteiger partial charge in [0.15, 0.2) is 0 Å². The largest absolute Gasteiger partial charge is 0.354 e. The van der Waals surface area contributed by atoms with Crippen molar-refractivity contribution in [1.82, 2.24) is 15.5 Å². The summed E-state index contributed by atoms with van der Waals surface area (Å²) in [5, 5.41) is 6.46. The molecule has 0 radical (unpaired) electrons. The van der Waals surface area contributed by atoms with E-state index >= 15 is 0 Å². The number of rotatable bonds is 5. The molecule has 1 rings (SSSR count). The number of carbonyl (C=O) groups is 1. The van der Waals surface area contributed by atoms with Gasteiger partial charge in [-0.1, -0.05) is 20.8 Å². The van der Waals surface area contributed by atoms with E-state index < -0.39 is 0 Å². The van der Waals surface area contributed by atoms with Crippen molar-refractivity contribution in [2.45, 2.75) is 39.7 Å². The van der Waals surface area contributed by atoms with E-state index in [-0.39, 0.29) is 11.3 Å². The Morgan fingerprint density at radius 3 is 2.33 bits per heavy atom. The summed E-state index contributed by atoms with van der Waals surface area (Å²) in [6.45, 7) is 9.12. The molecule has 1 unspecified atom stereocenters. The predicted octanol–water partition coefficient (Wildman–Crippen LogP) is 1.08. The van der Waals surface area contributed by atoms with Crippen LogP contribution < -0.4 is 10.6 Å². The highest BCUT2D eigenvalue weighted by Gasteiger charge is 2.34. The number of likely N-dealkylation sites (N-methyl/N-ethyl adjacent to an activating group) is 1. The minimum Gasteiger partial charge on any atom is -0.354 e. The van der Waals surface area contributed by atoms with Crippen molar-refractivity contribution in [3.63, 3.8) is 0 Å². The molecule has 0 saturated carbocycles. The molecule has 0 spiro atoms. The first-order chi connectivity index (χ1) is 8.37. The third-order valence-electron chi connectivity index (χ3n) is 4.16. The molecule has 1 aliphatic heterocycles. The summed E-state index contributed by atoms with van der Waals surface area (Å²) in [4.78, 5) is 14.5. The van der Waals surface area contributed by atoms with Crippen molar-refractivity contribution in [3.05, 3.63) is 0 Å². The zero-order chi connectivity index (χ0) is 13.8. The van der Waals surface area contributed by atoms with Crippen LogP contribution in [0.25, 0.3) is 0 Å². The van der Waals surface area contributed by atoms with Crippen LogP contribution in [0.3, 0.4) is 0 Å². The summed E-state index contributed by atoms with van der Waals surface area (Å²) in [6, 6.07) is 0.402. The minimum absolute atomic E-state index is 0.181. The van der Waals surface area contributed by atoms with Gasteiger partial charge in [-0.25, -0.2) is 0 Å². The molecule has 106 valence electrons. The third-order valence-corrected chi connectivity index (χ3v) is 4.16. The second-order valence-electron chi connectivity index (χ2n) is 6.30. The van der Waals surface area contributed by atoms with E-state index in [0.717, 1.165) is 32.5 Å². The number of amides is 1. The molecule has 1 fully saturated rings. The molecular weight excluding hydrogens is 226 g/mol. The van der Waals surface area contributed by atoms with Crippen LogP contribution in [0.1, 0.15) is 33.6 Å². The summed E-state index contributed by atoms with van der Waals surface area (Å²) in [6.07, 6.45) is 1.88. The summed E-state index contributed by atoms with van der Waals surface area (Å²) in [5.74, 6) is 0.762. The van der Waals surface area contributed by atoms with Gasteiger partial charge in [-0.3, -0.25) is 4.79 Å². The van der Waals surface area contributed by atoms with Crippen LogP contribution in [0, 0.1) is 11.3 Å². The Balaban J connectivity index is 2.48. The van der Waals surface area contributed by atoms with E-state index in [1.807, 2.05) is 0 Å². The first-order valence-corrected chi connectivity index (χ1v) is 7.02. The second kappa shape index (κ2) is 6.53. The lowest BCUT2D eigenvalue weighted by molar-refractivity contribution is -0.131.